The third-order valence-corrected chi connectivity index (χ3v) is 6.13. The molecular weight excluding hydrogens is 454 g/mol. The smallest absolute Gasteiger partial charge is 0.151 e. The predicted molar refractivity (Wildman–Crippen MR) is 134 cm³/mol. The molecule has 2 aromatic heterocycles. The summed E-state index contributed by atoms with van der Waals surface area (Å²) in [5.41, 5.74) is 12.3. The molecule has 176 valence electrons. The van der Waals surface area contributed by atoms with E-state index >= 15 is 0 Å². The van der Waals surface area contributed by atoms with E-state index in [1.807, 2.05) is 66.7 Å². The summed E-state index contributed by atoms with van der Waals surface area (Å²) in [5.74, 6) is 2.41. The molecule has 1 aliphatic heterocycles. The third kappa shape index (κ3) is 3.87. The Morgan fingerprint density at radius 3 is 2.64 bits per heavy atom. The SMILES string of the molecule is N#Cc1ccccc1COc1cccc(Oc2ccc(-n3c4c(c5ncnc(N)c53)COC4)cc2)c1. The highest BCUT2D eigenvalue weighted by molar-refractivity contribution is 5.91. The summed E-state index contributed by atoms with van der Waals surface area (Å²) >= 11 is 0. The molecular formula is C28H21N5O3. The van der Waals surface area contributed by atoms with Crippen molar-refractivity contribution in [2.45, 2.75) is 19.8 Å². The lowest BCUT2D eigenvalue weighted by molar-refractivity contribution is 0.132. The maximum absolute atomic E-state index is 9.27. The van der Waals surface area contributed by atoms with Gasteiger partial charge in [-0.25, -0.2) is 9.97 Å². The number of aromatic nitrogens is 3. The molecule has 0 spiro atoms. The monoisotopic (exact) mass is 475 g/mol. The lowest BCUT2D eigenvalue weighted by Crippen LogP contribution is -2.03. The average Bonchev–Trinajstić information content (AvgIpc) is 3.51. The van der Waals surface area contributed by atoms with E-state index in [0.29, 0.717) is 48.5 Å². The summed E-state index contributed by atoms with van der Waals surface area (Å²) in [6.07, 6.45) is 1.48. The van der Waals surface area contributed by atoms with Crippen molar-refractivity contribution in [3.8, 4) is 29.0 Å². The minimum Gasteiger partial charge on any atom is -0.489 e. The van der Waals surface area contributed by atoms with Crippen LogP contribution in [0.4, 0.5) is 5.82 Å². The van der Waals surface area contributed by atoms with Crippen molar-refractivity contribution < 1.29 is 14.2 Å². The van der Waals surface area contributed by atoms with Gasteiger partial charge in [0, 0.05) is 22.9 Å². The van der Waals surface area contributed by atoms with Crippen LogP contribution in [0.1, 0.15) is 22.4 Å². The van der Waals surface area contributed by atoms with E-state index in [0.717, 1.165) is 33.5 Å². The number of hydrogen-bond acceptors (Lipinski definition) is 7. The van der Waals surface area contributed by atoms with Gasteiger partial charge in [-0.3, -0.25) is 0 Å². The minimum absolute atomic E-state index is 0.299. The molecule has 1 aliphatic rings. The van der Waals surface area contributed by atoms with Gasteiger partial charge in [0.2, 0.25) is 0 Å². The van der Waals surface area contributed by atoms with Crippen LogP contribution in [0, 0.1) is 11.3 Å². The van der Waals surface area contributed by atoms with E-state index in [2.05, 4.69) is 20.6 Å². The summed E-state index contributed by atoms with van der Waals surface area (Å²) in [7, 11) is 0. The molecule has 0 aliphatic carbocycles. The number of benzene rings is 3. The topological polar surface area (TPSA) is 108 Å². The molecule has 2 N–H and O–H groups in total. The number of fused-ring (bicyclic) bond motifs is 3. The second-order valence-corrected chi connectivity index (χ2v) is 8.34. The van der Waals surface area contributed by atoms with Crippen molar-refractivity contribution in [2.75, 3.05) is 5.73 Å². The zero-order valence-corrected chi connectivity index (χ0v) is 19.2. The molecule has 0 saturated carbocycles. The van der Waals surface area contributed by atoms with Crippen LogP contribution in [-0.4, -0.2) is 14.5 Å². The summed E-state index contributed by atoms with van der Waals surface area (Å²) in [6, 6.07) is 24.7. The summed E-state index contributed by atoms with van der Waals surface area (Å²) in [4.78, 5) is 8.63. The van der Waals surface area contributed by atoms with E-state index in [4.69, 9.17) is 19.9 Å². The first-order valence-corrected chi connectivity index (χ1v) is 11.4. The van der Waals surface area contributed by atoms with E-state index in [1.54, 1.807) is 6.07 Å². The van der Waals surface area contributed by atoms with Crippen molar-refractivity contribution in [1.29, 1.82) is 5.26 Å². The zero-order chi connectivity index (χ0) is 24.5. The molecule has 0 atom stereocenters. The maximum Gasteiger partial charge on any atom is 0.151 e. The van der Waals surface area contributed by atoms with Crippen molar-refractivity contribution in [1.82, 2.24) is 14.5 Å². The van der Waals surface area contributed by atoms with Crippen LogP contribution in [0.25, 0.3) is 16.7 Å². The average molecular weight is 476 g/mol. The van der Waals surface area contributed by atoms with Gasteiger partial charge in [0.05, 0.1) is 30.5 Å². The quantitative estimate of drug-likeness (QED) is 0.356. The highest BCUT2D eigenvalue weighted by atomic mass is 16.5. The Hall–Kier alpha value is -4.87. The lowest BCUT2D eigenvalue weighted by Gasteiger charge is -2.12. The van der Waals surface area contributed by atoms with Gasteiger partial charge in [0.25, 0.3) is 0 Å². The Labute approximate surface area is 207 Å². The fourth-order valence-electron chi connectivity index (χ4n) is 4.42. The first-order chi connectivity index (χ1) is 17.7. The first kappa shape index (κ1) is 21.6. The zero-order valence-electron chi connectivity index (χ0n) is 19.2. The van der Waals surface area contributed by atoms with Crippen LogP contribution in [0.2, 0.25) is 0 Å². The van der Waals surface area contributed by atoms with Crippen LogP contribution >= 0.6 is 0 Å². The van der Waals surface area contributed by atoms with Crippen LogP contribution in [0.15, 0.2) is 79.1 Å². The number of anilines is 1. The van der Waals surface area contributed by atoms with Gasteiger partial charge in [-0.1, -0.05) is 24.3 Å². The Morgan fingerprint density at radius 2 is 1.78 bits per heavy atom. The third-order valence-electron chi connectivity index (χ3n) is 6.13. The molecule has 0 amide bonds. The normalized spacial score (nSPS) is 12.3. The summed E-state index contributed by atoms with van der Waals surface area (Å²) in [6.45, 7) is 1.31. The van der Waals surface area contributed by atoms with E-state index in [1.165, 1.54) is 6.33 Å². The molecule has 0 fully saturated rings. The molecule has 8 heteroatoms. The molecule has 3 heterocycles. The number of hydrogen-bond donors (Lipinski definition) is 1. The second-order valence-electron chi connectivity index (χ2n) is 8.34. The molecule has 3 aromatic carbocycles. The van der Waals surface area contributed by atoms with Crippen molar-refractivity contribution in [2.24, 2.45) is 0 Å². The molecule has 6 rings (SSSR count). The standard InChI is InChI=1S/C28H21N5O3/c29-13-18-4-1-2-5-19(18)14-35-22-6-3-7-23(12-22)36-21-10-8-20(9-11-21)33-25-16-34-15-24(25)26-27(33)28(30)32-17-31-26/h1-12,17H,14-16H2,(H2,30,31,32). The number of nitrogen functional groups attached to an aromatic ring is 1. The molecule has 0 saturated heterocycles. The molecule has 36 heavy (non-hydrogen) atoms. The van der Waals surface area contributed by atoms with Crippen molar-refractivity contribution in [3.63, 3.8) is 0 Å². The van der Waals surface area contributed by atoms with Gasteiger partial charge in [0.15, 0.2) is 5.82 Å². The molecule has 0 bridgehead atoms. The second kappa shape index (κ2) is 9.06. The molecule has 0 unspecified atom stereocenters. The summed E-state index contributed by atoms with van der Waals surface area (Å²) < 4.78 is 19.7. The fraction of sp³-hybridized carbons (Fsp3) is 0.107. The van der Waals surface area contributed by atoms with E-state index in [9.17, 15) is 5.26 Å². The number of nitriles is 1. The van der Waals surface area contributed by atoms with Crippen LogP contribution in [0.3, 0.4) is 0 Å². The first-order valence-electron chi connectivity index (χ1n) is 11.4. The minimum atomic E-state index is 0.299. The van der Waals surface area contributed by atoms with Crippen molar-refractivity contribution in [3.05, 3.63) is 102 Å². The highest BCUT2D eigenvalue weighted by Crippen LogP contribution is 2.36. The summed E-state index contributed by atoms with van der Waals surface area (Å²) in [5, 5.41) is 9.27. The molecule has 8 nitrogen and oxygen atoms in total. The van der Waals surface area contributed by atoms with E-state index < -0.39 is 0 Å². The highest BCUT2D eigenvalue weighted by Gasteiger charge is 2.25. The Balaban J connectivity index is 1.22. The van der Waals surface area contributed by atoms with Gasteiger partial charge in [-0.15, -0.1) is 0 Å². The number of nitrogens with two attached hydrogens (primary N) is 1. The lowest BCUT2D eigenvalue weighted by atomic mass is 10.1. The van der Waals surface area contributed by atoms with Crippen molar-refractivity contribution >= 4 is 16.9 Å². The van der Waals surface area contributed by atoms with Crippen LogP contribution in [-0.2, 0) is 24.6 Å². The number of nitrogens with zero attached hydrogens (tertiary/aromatic N) is 4. The fourth-order valence-corrected chi connectivity index (χ4v) is 4.42. The van der Waals surface area contributed by atoms with Gasteiger partial charge in [-0.2, -0.15) is 5.26 Å². The molecule has 5 aromatic rings. The maximum atomic E-state index is 9.27. The number of ether oxygens (including phenoxy) is 3. The van der Waals surface area contributed by atoms with Gasteiger partial charge in [0.1, 0.15) is 41.2 Å². The van der Waals surface area contributed by atoms with Gasteiger partial charge < -0.3 is 24.5 Å². The van der Waals surface area contributed by atoms with Crippen LogP contribution in [0.5, 0.6) is 17.2 Å². The van der Waals surface area contributed by atoms with E-state index in [-0.39, 0.29) is 0 Å². The molecule has 0 radical (unpaired) electrons. The largest absolute Gasteiger partial charge is 0.489 e. The Kier molecular flexibility index (Phi) is 5.45. The predicted octanol–water partition coefficient (Wildman–Crippen LogP) is 5.28. The van der Waals surface area contributed by atoms with Gasteiger partial charge in [-0.05, 0) is 42.5 Å². The van der Waals surface area contributed by atoms with Crippen LogP contribution < -0.4 is 15.2 Å². The van der Waals surface area contributed by atoms with Gasteiger partial charge >= 0.3 is 0 Å². The number of rotatable bonds is 6. The Morgan fingerprint density at radius 1 is 0.944 bits per heavy atom. The Bertz CT molecular complexity index is 1620.